The third-order valence-electron chi connectivity index (χ3n) is 2.96. The van der Waals surface area contributed by atoms with Crippen LogP contribution in [-0.2, 0) is 7.05 Å². The van der Waals surface area contributed by atoms with Gasteiger partial charge in [0, 0.05) is 12.1 Å². The highest BCUT2D eigenvalue weighted by Crippen LogP contribution is 2.28. The van der Waals surface area contributed by atoms with Crippen molar-refractivity contribution in [3.8, 4) is 5.75 Å². The van der Waals surface area contributed by atoms with Crippen molar-refractivity contribution in [1.29, 1.82) is 0 Å². The number of carbonyl (C=O) groups is 1. The molecule has 6 nitrogen and oxygen atoms in total. The van der Waals surface area contributed by atoms with E-state index in [1.54, 1.807) is 0 Å². The lowest BCUT2D eigenvalue weighted by Crippen LogP contribution is -2.37. The van der Waals surface area contributed by atoms with Gasteiger partial charge in [-0.3, -0.25) is 9.36 Å². The molecule has 0 saturated heterocycles. The Bertz CT molecular complexity index is 804. The topological polar surface area (TPSA) is 66.1 Å². The van der Waals surface area contributed by atoms with Gasteiger partial charge in [0.15, 0.2) is 6.10 Å². The Morgan fingerprint density at radius 2 is 2.00 bits per heavy atom. The highest BCUT2D eigenvalue weighted by molar-refractivity contribution is 6.35. The second kappa shape index (κ2) is 6.67. The first-order valence-corrected chi connectivity index (χ1v) is 7.08. The summed E-state index contributed by atoms with van der Waals surface area (Å²) >= 11 is 11.7. The van der Waals surface area contributed by atoms with Crippen LogP contribution < -0.4 is 10.4 Å². The Kier molecular flexibility index (Phi) is 5.06. The number of aromatic nitrogens is 3. The van der Waals surface area contributed by atoms with Crippen LogP contribution in [0, 0.1) is 0 Å². The predicted molar refractivity (Wildman–Crippen MR) is 79.6 cm³/mol. The Hall–Kier alpha value is -1.93. The zero-order valence-electron chi connectivity index (χ0n) is 12.0. The zero-order valence-corrected chi connectivity index (χ0v) is 13.5. The Morgan fingerprint density at radius 3 is 2.52 bits per heavy atom. The third kappa shape index (κ3) is 3.53. The second-order valence-corrected chi connectivity index (χ2v) is 5.43. The standard InChI is InChI=1S/C13H11Cl2F2N3O3/c1-6(23-9-4-3-7(14)5-8(9)15)12(21)20-13(22)19(2)11(18-20)10(16)17/h3-6,10H,1-2H3. The van der Waals surface area contributed by atoms with Gasteiger partial charge in [0.2, 0.25) is 5.82 Å². The fraction of sp³-hybridized carbons (Fsp3) is 0.308. The van der Waals surface area contributed by atoms with Gasteiger partial charge in [-0.15, -0.1) is 9.78 Å². The largest absolute Gasteiger partial charge is 0.479 e. The number of nitrogens with zero attached hydrogens (tertiary/aromatic N) is 3. The molecule has 2 rings (SSSR count). The molecule has 1 aromatic carbocycles. The minimum absolute atomic E-state index is 0.162. The number of carbonyl (C=O) groups excluding carboxylic acids is 1. The third-order valence-corrected chi connectivity index (χ3v) is 3.49. The van der Waals surface area contributed by atoms with Crippen molar-refractivity contribution in [2.24, 2.45) is 7.05 Å². The van der Waals surface area contributed by atoms with Gasteiger partial charge in [0.05, 0.1) is 5.02 Å². The fourth-order valence-electron chi connectivity index (χ4n) is 1.77. The summed E-state index contributed by atoms with van der Waals surface area (Å²) in [6.07, 6.45) is -4.16. The number of ether oxygens (including phenoxy) is 1. The molecule has 0 radical (unpaired) electrons. The van der Waals surface area contributed by atoms with E-state index in [1.807, 2.05) is 0 Å². The van der Waals surface area contributed by atoms with Gasteiger partial charge in [-0.1, -0.05) is 23.2 Å². The molecule has 0 spiro atoms. The summed E-state index contributed by atoms with van der Waals surface area (Å²) in [4.78, 5) is 24.0. The smallest absolute Gasteiger partial charge is 0.353 e. The van der Waals surface area contributed by atoms with Crippen molar-refractivity contribution in [2.75, 3.05) is 0 Å². The van der Waals surface area contributed by atoms with Crippen molar-refractivity contribution in [3.63, 3.8) is 0 Å². The molecule has 10 heteroatoms. The highest BCUT2D eigenvalue weighted by atomic mass is 35.5. The van der Waals surface area contributed by atoms with E-state index in [2.05, 4.69) is 5.10 Å². The molecule has 0 N–H and O–H groups in total. The summed E-state index contributed by atoms with van der Waals surface area (Å²) in [5, 5.41) is 3.89. The van der Waals surface area contributed by atoms with Crippen LogP contribution in [-0.4, -0.2) is 26.4 Å². The fourth-order valence-corrected chi connectivity index (χ4v) is 2.22. The SMILES string of the molecule is CC(Oc1ccc(Cl)cc1Cl)C(=O)n1nc(C(F)F)n(C)c1=O. The van der Waals surface area contributed by atoms with Crippen molar-refractivity contribution >= 4 is 29.1 Å². The number of halogens is 4. The minimum atomic E-state index is -2.98. The van der Waals surface area contributed by atoms with E-state index in [0.717, 1.165) is 7.05 Å². The van der Waals surface area contributed by atoms with Crippen LogP contribution in [0.3, 0.4) is 0 Å². The molecular weight excluding hydrogens is 355 g/mol. The lowest BCUT2D eigenvalue weighted by Gasteiger charge is -2.14. The summed E-state index contributed by atoms with van der Waals surface area (Å²) in [7, 11) is 1.10. The zero-order chi connectivity index (χ0) is 17.3. The number of hydrogen-bond donors (Lipinski definition) is 0. The second-order valence-electron chi connectivity index (χ2n) is 4.59. The molecule has 0 fully saturated rings. The maximum Gasteiger partial charge on any atom is 0.353 e. The van der Waals surface area contributed by atoms with Gasteiger partial charge in [0.1, 0.15) is 5.75 Å². The van der Waals surface area contributed by atoms with Crippen LogP contribution in [0.25, 0.3) is 0 Å². The molecule has 0 aliphatic heterocycles. The number of alkyl halides is 2. The normalized spacial score (nSPS) is 12.5. The molecule has 1 heterocycles. The van der Waals surface area contributed by atoms with E-state index in [9.17, 15) is 18.4 Å². The first-order chi connectivity index (χ1) is 10.7. The summed E-state index contributed by atoms with van der Waals surface area (Å²) < 4.78 is 31.7. The van der Waals surface area contributed by atoms with E-state index in [4.69, 9.17) is 27.9 Å². The predicted octanol–water partition coefficient (Wildman–Crippen LogP) is 2.93. The van der Waals surface area contributed by atoms with Gasteiger partial charge in [0.25, 0.3) is 12.3 Å². The van der Waals surface area contributed by atoms with Gasteiger partial charge in [-0.05, 0) is 25.1 Å². The first kappa shape index (κ1) is 17.4. The van der Waals surface area contributed by atoms with Gasteiger partial charge >= 0.3 is 5.69 Å². The number of rotatable bonds is 4. The van der Waals surface area contributed by atoms with Crippen LogP contribution in [0.1, 0.15) is 24.0 Å². The van der Waals surface area contributed by atoms with Crippen molar-refractivity contribution < 1.29 is 18.3 Å². The van der Waals surface area contributed by atoms with E-state index in [1.165, 1.54) is 25.1 Å². The molecule has 0 bridgehead atoms. The number of hydrogen-bond acceptors (Lipinski definition) is 4. The van der Waals surface area contributed by atoms with Crippen LogP contribution in [0.2, 0.25) is 10.0 Å². The van der Waals surface area contributed by atoms with E-state index >= 15 is 0 Å². The van der Waals surface area contributed by atoms with Crippen molar-refractivity contribution in [1.82, 2.24) is 14.3 Å². The molecule has 1 atom stereocenters. The maximum absolute atomic E-state index is 12.7. The molecule has 23 heavy (non-hydrogen) atoms. The average molecular weight is 366 g/mol. The van der Waals surface area contributed by atoms with Gasteiger partial charge in [-0.25, -0.2) is 13.6 Å². The van der Waals surface area contributed by atoms with Crippen LogP contribution in [0.15, 0.2) is 23.0 Å². The molecule has 2 aromatic rings. The Morgan fingerprint density at radius 1 is 1.35 bits per heavy atom. The van der Waals surface area contributed by atoms with Gasteiger partial charge < -0.3 is 4.74 Å². The molecule has 0 amide bonds. The summed E-state index contributed by atoms with van der Waals surface area (Å²) in [5.41, 5.74) is -0.983. The number of benzene rings is 1. The monoisotopic (exact) mass is 365 g/mol. The van der Waals surface area contributed by atoms with E-state index in [0.29, 0.717) is 14.3 Å². The van der Waals surface area contributed by atoms with Crippen LogP contribution in [0.4, 0.5) is 8.78 Å². The van der Waals surface area contributed by atoms with Crippen molar-refractivity contribution in [2.45, 2.75) is 19.5 Å². The van der Waals surface area contributed by atoms with Gasteiger partial charge in [-0.2, -0.15) is 0 Å². The molecule has 0 aliphatic rings. The molecule has 0 aliphatic carbocycles. The maximum atomic E-state index is 12.7. The lowest BCUT2D eigenvalue weighted by atomic mass is 10.3. The summed E-state index contributed by atoms with van der Waals surface area (Å²) in [5.74, 6) is -1.54. The quantitative estimate of drug-likeness (QED) is 0.835. The molecule has 1 unspecified atom stereocenters. The molecule has 1 aromatic heterocycles. The van der Waals surface area contributed by atoms with Crippen molar-refractivity contribution in [3.05, 3.63) is 44.6 Å². The van der Waals surface area contributed by atoms with Crippen LogP contribution in [0.5, 0.6) is 5.75 Å². The van der Waals surface area contributed by atoms with Crippen LogP contribution >= 0.6 is 23.2 Å². The Labute approximate surface area is 139 Å². The molecule has 124 valence electrons. The summed E-state index contributed by atoms with van der Waals surface area (Å²) in [6, 6.07) is 4.36. The minimum Gasteiger partial charge on any atom is -0.479 e. The first-order valence-electron chi connectivity index (χ1n) is 6.32. The average Bonchev–Trinajstić information content (AvgIpc) is 2.77. The van der Waals surface area contributed by atoms with E-state index in [-0.39, 0.29) is 10.8 Å². The van der Waals surface area contributed by atoms with E-state index < -0.39 is 30.0 Å². The lowest BCUT2D eigenvalue weighted by molar-refractivity contribution is 0.0702. The highest BCUT2D eigenvalue weighted by Gasteiger charge is 2.26. The molecule has 0 saturated carbocycles. The Balaban J connectivity index is 2.26. The summed E-state index contributed by atoms with van der Waals surface area (Å²) in [6.45, 7) is 1.34. The molecular formula is C13H11Cl2F2N3O3.